The van der Waals surface area contributed by atoms with Crippen molar-refractivity contribution in [2.24, 2.45) is 0 Å². The molecule has 22 heavy (non-hydrogen) atoms. The van der Waals surface area contributed by atoms with Crippen molar-refractivity contribution < 1.29 is 23.4 Å². The van der Waals surface area contributed by atoms with Gasteiger partial charge in [0.2, 0.25) is 10.0 Å². The molecule has 6 nitrogen and oxygen atoms in total. The van der Waals surface area contributed by atoms with Gasteiger partial charge in [-0.2, -0.15) is 0 Å². The summed E-state index contributed by atoms with van der Waals surface area (Å²) in [5.74, 6) is -1.56. The molecular formula is C15H14NO5S-. The molecule has 0 bridgehead atoms. The molecule has 0 aliphatic heterocycles. The molecule has 0 fully saturated rings. The third-order valence-corrected chi connectivity index (χ3v) is 4.47. The maximum atomic E-state index is 12.3. The zero-order valence-electron chi connectivity index (χ0n) is 11.5. The van der Waals surface area contributed by atoms with Crippen LogP contribution in [0.2, 0.25) is 0 Å². The first kappa shape index (κ1) is 16.0. The number of aromatic hydroxyl groups is 1. The number of aliphatic carboxylic acids is 1. The number of phenols is 1. The first-order chi connectivity index (χ1) is 10.4. The molecule has 0 aliphatic carbocycles. The predicted octanol–water partition coefficient (Wildman–Crippen LogP) is 0.552. The van der Waals surface area contributed by atoms with Gasteiger partial charge in [0.25, 0.3) is 0 Å². The van der Waals surface area contributed by atoms with Gasteiger partial charge in [0, 0.05) is 12.4 Å². The van der Waals surface area contributed by atoms with Crippen molar-refractivity contribution in [2.75, 3.05) is 0 Å². The number of carboxylic acid groups (broad SMARTS) is 1. The Kier molecular flexibility index (Phi) is 4.79. The monoisotopic (exact) mass is 320 g/mol. The number of hydrogen-bond donors (Lipinski definition) is 2. The van der Waals surface area contributed by atoms with Crippen molar-refractivity contribution in [2.45, 2.75) is 17.4 Å². The fourth-order valence-corrected chi connectivity index (χ4v) is 3.25. The van der Waals surface area contributed by atoms with Crippen molar-refractivity contribution in [3.8, 4) is 5.75 Å². The van der Waals surface area contributed by atoms with Gasteiger partial charge in [0.05, 0.1) is 10.9 Å². The molecule has 2 aromatic carbocycles. The molecule has 116 valence electrons. The molecule has 0 heterocycles. The highest BCUT2D eigenvalue weighted by Crippen LogP contribution is 2.21. The van der Waals surface area contributed by atoms with E-state index in [0.29, 0.717) is 5.56 Å². The van der Waals surface area contributed by atoms with E-state index in [4.69, 9.17) is 0 Å². The molecule has 2 N–H and O–H groups in total. The smallest absolute Gasteiger partial charge is 0.241 e. The van der Waals surface area contributed by atoms with Gasteiger partial charge >= 0.3 is 0 Å². The van der Waals surface area contributed by atoms with Crippen LogP contribution in [0.4, 0.5) is 0 Å². The molecule has 0 spiro atoms. The number of nitrogens with one attached hydrogen (secondary N) is 1. The number of sulfonamides is 1. The van der Waals surface area contributed by atoms with Crippen LogP contribution in [0.25, 0.3) is 0 Å². The first-order valence-electron chi connectivity index (χ1n) is 6.44. The third kappa shape index (κ3) is 4.06. The summed E-state index contributed by atoms with van der Waals surface area (Å²) in [5.41, 5.74) is 0.510. The van der Waals surface area contributed by atoms with Crippen molar-refractivity contribution in [3.63, 3.8) is 0 Å². The lowest BCUT2D eigenvalue weighted by Gasteiger charge is -2.19. The van der Waals surface area contributed by atoms with E-state index in [2.05, 4.69) is 4.72 Å². The van der Waals surface area contributed by atoms with Crippen LogP contribution in [-0.4, -0.2) is 19.5 Å². The maximum Gasteiger partial charge on any atom is 0.241 e. The van der Waals surface area contributed by atoms with Crippen LogP contribution in [-0.2, 0) is 14.8 Å². The Bertz CT molecular complexity index is 759. The van der Waals surface area contributed by atoms with Crippen LogP contribution in [0.5, 0.6) is 5.75 Å². The average molecular weight is 320 g/mol. The van der Waals surface area contributed by atoms with Crippen molar-refractivity contribution in [1.29, 1.82) is 0 Å². The Labute approximate surface area is 128 Å². The Hall–Kier alpha value is -2.38. The standard InChI is InChI=1S/C15H15NO5S/c17-12-7-4-8-13(9-12)22(20,21)16-14(10-15(18)19)11-5-2-1-3-6-11/h1-9,14,16-17H,10H2,(H,18,19)/p-1. The molecular weight excluding hydrogens is 306 g/mol. The molecule has 0 saturated heterocycles. The minimum Gasteiger partial charge on any atom is -0.550 e. The van der Waals surface area contributed by atoms with Crippen LogP contribution in [0, 0.1) is 0 Å². The van der Waals surface area contributed by atoms with Crippen LogP contribution in [0.3, 0.4) is 0 Å². The second-order valence-corrected chi connectivity index (χ2v) is 6.37. The number of carbonyl (C=O) groups excluding carboxylic acids is 1. The Morgan fingerprint density at radius 3 is 2.41 bits per heavy atom. The Morgan fingerprint density at radius 2 is 1.82 bits per heavy atom. The summed E-state index contributed by atoms with van der Waals surface area (Å²) >= 11 is 0. The number of carbonyl (C=O) groups is 1. The van der Waals surface area contributed by atoms with Gasteiger partial charge < -0.3 is 15.0 Å². The van der Waals surface area contributed by atoms with E-state index in [1.807, 2.05) is 0 Å². The fourth-order valence-electron chi connectivity index (χ4n) is 1.99. The van der Waals surface area contributed by atoms with Gasteiger partial charge in [-0.3, -0.25) is 0 Å². The van der Waals surface area contributed by atoms with E-state index in [-0.39, 0.29) is 10.6 Å². The van der Waals surface area contributed by atoms with Gasteiger partial charge in [-0.15, -0.1) is 0 Å². The minimum atomic E-state index is -3.98. The summed E-state index contributed by atoms with van der Waals surface area (Å²) in [7, 11) is -3.98. The largest absolute Gasteiger partial charge is 0.550 e. The third-order valence-electron chi connectivity index (χ3n) is 3.00. The lowest BCUT2D eigenvalue weighted by molar-refractivity contribution is -0.306. The normalized spacial score (nSPS) is 12.7. The van der Waals surface area contributed by atoms with Gasteiger partial charge in [-0.1, -0.05) is 36.4 Å². The molecule has 1 atom stereocenters. The zero-order chi connectivity index (χ0) is 16.2. The zero-order valence-corrected chi connectivity index (χ0v) is 12.3. The lowest BCUT2D eigenvalue weighted by Crippen LogP contribution is -2.34. The summed E-state index contributed by atoms with van der Waals surface area (Å²) in [6, 6.07) is 12.5. The van der Waals surface area contributed by atoms with E-state index >= 15 is 0 Å². The van der Waals surface area contributed by atoms with Gasteiger partial charge in [0.1, 0.15) is 5.75 Å². The van der Waals surface area contributed by atoms with Crippen molar-refractivity contribution in [1.82, 2.24) is 4.72 Å². The summed E-state index contributed by atoms with van der Waals surface area (Å²) in [4.78, 5) is 10.7. The van der Waals surface area contributed by atoms with Crippen LogP contribution < -0.4 is 9.83 Å². The van der Waals surface area contributed by atoms with Gasteiger partial charge in [0.15, 0.2) is 0 Å². The molecule has 0 aromatic heterocycles. The summed E-state index contributed by atoms with van der Waals surface area (Å²) in [5, 5.41) is 20.3. The van der Waals surface area contributed by atoms with Gasteiger partial charge in [-0.05, 0) is 23.8 Å². The van der Waals surface area contributed by atoms with E-state index in [9.17, 15) is 23.4 Å². The summed E-state index contributed by atoms with van der Waals surface area (Å²) in [6.07, 6.45) is -0.498. The fraction of sp³-hybridized carbons (Fsp3) is 0.133. The van der Waals surface area contributed by atoms with Crippen LogP contribution in [0.15, 0.2) is 59.5 Å². The maximum absolute atomic E-state index is 12.3. The summed E-state index contributed by atoms with van der Waals surface area (Å²) < 4.78 is 27.0. The Morgan fingerprint density at radius 1 is 1.14 bits per heavy atom. The average Bonchev–Trinajstić information content (AvgIpc) is 2.47. The van der Waals surface area contributed by atoms with E-state index in [1.54, 1.807) is 30.3 Å². The number of benzene rings is 2. The van der Waals surface area contributed by atoms with E-state index in [1.165, 1.54) is 18.2 Å². The highest BCUT2D eigenvalue weighted by atomic mass is 32.2. The molecule has 7 heteroatoms. The number of carboxylic acids is 1. The topological polar surface area (TPSA) is 107 Å². The highest BCUT2D eigenvalue weighted by Gasteiger charge is 2.21. The molecule has 1 unspecified atom stereocenters. The second kappa shape index (κ2) is 6.59. The lowest BCUT2D eigenvalue weighted by atomic mass is 10.1. The van der Waals surface area contributed by atoms with E-state index < -0.39 is 28.5 Å². The highest BCUT2D eigenvalue weighted by molar-refractivity contribution is 7.89. The van der Waals surface area contributed by atoms with Gasteiger partial charge in [-0.25, -0.2) is 13.1 Å². The van der Waals surface area contributed by atoms with Crippen molar-refractivity contribution >= 4 is 16.0 Å². The minimum absolute atomic E-state index is 0.147. The second-order valence-electron chi connectivity index (χ2n) is 4.66. The Balaban J connectivity index is 2.32. The summed E-state index contributed by atoms with van der Waals surface area (Å²) in [6.45, 7) is 0. The van der Waals surface area contributed by atoms with E-state index in [0.717, 1.165) is 6.07 Å². The molecule has 0 amide bonds. The molecule has 0 aliphatic rings. The van der Waals surface area contributed by atoms with Crippen LogP contribution in [0.1, 0.15) is 18.0 Å². The van der Waals surface area contributed by atoms with Crippen LogP contribution >= 0.6 is 0 Å². The number of hydrogen-bond acceptors (Lipinski definition) is 5. The molecule has 0 saturated carbocycles. The van der Waals surface area contributed by atoms with Crippen molar-refractivity contribution in [3.05, 3.63) is 60.2 Å². The first-order valence-corrected chi connectivity index (χ1v) is 7.93. The number of rotatable bonds is 6. The quantitative estimate of drug-likeness (QED) is 0.808. The molecule has 2 aromatic rings. The molecule has 0 radical (unpaired) electrons. The molecule has 2 rings (SSSR count). The number of phenolic OH excluding ortho intramolecular Hbond substituents is 1. The SMILES string of the molecule is O=C([O-])CC(NS(=O)(=O)c1cccc(O)c1)c1ccccc1. The predicted molar refractivity (Wildman–Crippen MR) is 77.2 cm³/mol.